The molecule has 0 N–H and O–H groups in total. The maximum atomic E-state index is 14.8. The second kappa shape index (κ2) is 9.43. The lowest BCUT2D eigenvalue weighted by atomic mass is 9.91. The van der Waals surface area contributed by atoms with Crippen LogP contribution >= 0.6 is 0 Å². The molecule has 0 amide bonds. The van der Waals surface area contributed by atoms with Gasteiger partial charge in [0, 0.05) is 0 Å². The van der Waals surface area contributed by atoms with Crippen molar-refractivity contribution in [1.82, 2.24) is 0 Å². The molecule has 0 bridgehead atoms. The number of unbranched alkanes of at least 4 members (excludes halogenated alkanes) is 1. The first-order chi connectivity index (χ1) is 15.0. The van der Waals surface area contributed by atoms with Crippen LogP contribution < -0.4 is 0 Å². The van der Waals surface area contributed by atoms with Crippen LogP contribution in [0.15, 0.2) is 78.9 Å². The second-order valence-corrected chi connectivity index (χ2v) is 8.51. The number of hydrogen-bond donors (Lipinski definition) is 0. The van der Waals surface area contributed by atoms with Gasteiger partial charge < -0.3 is 0 Å². The summed E-state index contributed by atoms with van der Waals surface area (Å²) in [7, 11) is 0. The molecule has 0 aromatic heterocycles. The van der Waals surface area contributed by atoms with Crippen LogP contribution in [0.1, 0.15) is 48.8 Å². The van der Waals surface area contributed by atoms with Gasteiger partial charge in [0.05, 0.1) is 5.56 Å². The Bertz CT molecular complexity index is 1150. The van der Waals surface area contributed by atoms with E-state index < -0.39 is 11.6 Å². The molecule has 4 aromatic rings. The molecule has 31 heavy (non-hydrogen) atoms. The van der Waals surface area contributed by atoms with E-state index in [0.29, 0.717) is 5.56 Å². The van der Waals surface area contributed by atoms with Crippen molar-refractivity contribution in [2.75, 3.05) is 0 Å². The highest BCUT2D eigenvalue weighted by Gasteiger charge is 2.16. The van der Waals surface area contributed by atoms with Gasteiger partial charge in [0.1, 0.15) is 11.6 Å². The molecule has 0 aliphatic rings. The zero-order valence-electron chi connectivity index (χ0n) is 18.2. The van der Waals surface area contributed by atoms with Gasteiger partial charge in [0.15, 0.2) is 0 Å². The Balaban J connectivity index is 1.39. The first kappa shape index (κ1) is 21.2. The highest BCUT2D eigenvalue weighted by atomic mass is 19.1. The standard InChI is InChI=1S/C29H28F2/c1-20-14-16-24(17-15-20)29-27(30)18-25(19-28(29)31)21(2)8-3-4-9-22-11-7-12-23-10-5-6-13-26(22)23/h5-7,10-19,21H,3-4,8-9H2,1-2H3. The lowest BCUT2D eigenvalue weighted by molar-refractivity contribution is 0.566. The minimum absolute atomic E-state index is 0.0619. The lowest BCUT2D eigenvalue weighted by Gasteiger charge is -2.15. The summed E-state index contributed by atoms with van der Waals surface area (Å²) >= 11 is 0. The van der Waals surface area contributed by atoms with Crippen LogP contribution in [0, 0.1) is 18.6 Å². The van der Waals surface area contributed by atoms with E-state index in [1.54, 1.807) is 12.1 Å². The van der Waals surface area contributed by atoms with Gasteiger partial charge in [-0.05, 0) is 71.7 Å². The fourth-order valence-electron chi connectivity index (χ4n) is 4.32. The highest BCUT2D eigenvalue weighted by Crippen LogP contribution is 2.31. The number of fused-ring (bicyclic) bond motifs is 1. The van der Waals surface area contributed by atoms with Crippen molar-refractivity contribution in [3.8, 4) is 11.1 Å². The average molecular weight is 415 g/mol. The molecule has 1 unspecified atom stereocenters. The molecule has 0 spiro atoms. The summed E-state index contributed by atoms with van der Waals surface area (Å²) in [4.78, 5) is 0. The van der Waals surface area contributed by atoms with Gasteiger partial charge in [-0.2, -0.15) is 0 Å². The van der Waals surface area contributed by atoms with E-state index in [-0.39, 0.29) is 11.5 Å². The van der Waals surface area contributed by atoms with Gasteiger partial charge in [-0.1, -0.05) is 85.6 Å². The Labute approximate surface area is 183 Å². The van der Waals surface area contributed by atoms with Gasteiger partial charge >= 0.3 is 0 Å². The fraction of sp³-hybridized carbons (Fsp3) is 0.241. The number of rotatable bonds is 7. The molecule has 0 aliphatic carbocycles. The number of hydrogen-bond acceptors (Lipinski definition) is 0. The molecule has 4 rings (SSSR count). The second-order valence-electron chi connectivity index (χ2n) is 8.51. The summed E-state index contributed by atoms with van der Waals surface area (Å²) in [5.74, 6) is -0.855. The molecule has 0 saturated carbocycles. The quantitative estimate of drug-likeness (QED) is 0.266. The van der Waals surface area contributed by atoms with E-state index in [2.05, 4.69) is 49.4 Å². The molecule has 1 atom stereocenters. The number of aryl methyl sites for hydroxylation is 2. The molecule has 0 saturated heterocycles. The van der Waals surface area contributed by atoms with Crippen LogP contribution in [0.2, 0.25) is 0 Å². The monoisotopic (exact) mass is 414 g/mol. The van der Waals surface area contributed by atoms with E-state index in [1.807, 2.05) is 19.1 Å². The van der Waals surface area contributed by atoms with Crippen molar-refractivity contribution >= 4 is 10.8 Å². The molecular weight excluding hydrogens is 386 g/mol. The SMILES string of the molecule is Cc1ccc(-c2c(F)cc(C(C)CCCCc3cccc4ccccc34)cc2F)cc1. The van der Waals surface area contributed by atoms with Crippen LogP contribution in [0.3, 0.4) is 0 Å². The molecule has 0 radical (unpaired) electrons. The third-order valence-electron chi connectivity index (χ3n) is 6.19. The zero-order chi connectivity index (χ0) is 21.8. The third-order valence-corrected chi connectivity index (χ3v) is 6.19. The third kappa shape index (κ3) is 4.85. The first-order valence-electron chi connectivity index (χ1n) is 11.1. The van der Waals surface area contributed by atoms with Gasteiger partial charge in [-0.25, -0.2) is 8.78 Å². The topological polar surface area (TPSA) is 0 Å². The molecule has 0 aliphatic heterocycles. The smallest absolute Gasteiger partial charge is 0.134 e. The van der Waals surface area contributed by atoms with Crippen molar-refractivity contribution in [3.63, 3.8) is 0 Å². The predicted octanol–water partition coefficient (Wildman–Crippen LogP) is 8.61. The van der Waals surface area contributed by atoms with Gasteiger partial charge in [-0.3, -0.25) is 0 Å². The van der Waals surface area contributed by atoms with E-state index in [4.69, 9.17) is 0 Å². The Morgan fingerprint density at radius 3 is 2.19 bits per heavy atom. The Morgan fingerprint density at radius 2 is 1.45 bits per heavy atom. The molecular formula is C29H28F2. The lowest BCUT2D eigenvalue weighted by Crippen LogP contribution is -1.99. The molecule has 2 heteroatoms. The van der Waals surface area contributed by atoms with Crippen LogP contribution in [0.25, 0.3) is 21.9 Å². The van der Waals surface area contributed by atoms with Crippen LogP contribution in [-0.2, 0) is 6.42 Å². The summed E-state index contributed by atoms with van der Waals surface area (Å²) in [6, 6.07) is 25.2. The molecule has 158 valence electrons. The van der Waals surface area contributed by atoms with Crippen molar-refractivity contribution in [2.24, 2.45) is 0 Å². The van der Waals surface area contributed by atoms with Crippen LogP contribution in [-0.4, -0.2) is 0 Å². The van der Waals surface area contributed by atoms with Crippen molar-refractivity contribution in [2.45, 2.75) is 45.4 Å². The summed E-state index contributed by atoms with van der Waals surface area (Å²) < 4.78 is 29.6. The fourth-order valence-corrected chi connectivity index (χ4v) is 4.32. The Hall–Kier alpha value is -3.00. The van der Waals surface area contributed by atoms with E-state index in [0.717, 1.165) is 36.8 Å². The normalized spacial score (nSPS) is 12.3. The van der Waals surface area contributed by atoms with E-state index >= 15 is 0 Å². The first-order valence-corrected chi connectivity index (χ1v) is 11.1. The van der Waals surface area contributed by atoms with Crippen LogP contribution in [0.5, 0.6) is 0 Å². The number of halogens is 2. The molecule has 4 aromatic carbocycles. The number of benzene rings is 4. The zero-order valence-corrected chi connectivity index (χ0v) is 18.2. The average Bonchev–Trinajstić information content (AvgIpc) is 2.77. The van der Waals surface area contributed by atoms with Gasteiger partial charge in [-0.15, -0.1) is 0 Å². The summed E-state index contributed by atoms with van der Waals surface area (Å²) in [6.45, 7) is 4.01. The Morgan fingerprint density at radius 1 is 0.774 bits per heavy atom. The van der Waals surface area contributed by atoms with E-state index in [1.165, 1.54) is 28.5 Å². The minimum Gasteiger partial charge on any atom is -0.206 e. The summed E-state index contributed by atoms with van der Waals surface area (Å²) in [6.07, 6.45) is 4.01. The molecule has 0 nitrogen and oxygen atoms in total. The minimum atomic E-state index is -0.485. The largest absolute Gasteiger partial charge is 0.206 e. The highest BCUT2D eigenvalue weighted by molar-refractivity contribution is 5.85. The molecule has 0 fully saturated rings. The maximum Gasteiger partial charge on any atom is 0.134 e. The Kier molecular flexibility index (Phi) is 6.46. The van der Waals surface area contributed by atoms with Gasteiger partial charge in [0.25, 0.3) is 0 Å². The summed E-state index contributed by atoms with van der Waals surface area (Å²) in [5.41, 5.74) is 3.81. The van der Waals surface area contributed by atoms with Crippen molar-refractivity contribution < 1.29 is 8.78 Å². The molecule has 0 heterocycles. The summed E-state index contributed by atoms with van der Waals surface area (Å²) in [5, 5.41) is 2.59. The maximum absolute atomic E-state index is 14.8. The van der Waals surface area contributed by atoms with Gasteiger partial charge in [0.2, 0.25) is 0 Å². The van der Waals surface area contributed by atoms with Crippen molar-refractivity contribution in [3.05, 3.63) is 107 Å². The van der Waals surface area contributed by atoms with E-state index in [9.17, 15) is 8.78 Å². The predicted molar refractivity (Wildman–Crippen MR) is 126 cm³/mol. The van der Waals surface area contributed by atoms with Crippen molar-refractivity contribution in [1.29, 1.82) is 0 Å². The van der Waals surface area contributed by atoms with Crippen LogP contribution in [0.4, 0.5) is 8.78 Å².